The molecule has 3 atom stereocenters. The third kappa shape index (κ3) is 34.5. The largest absolute Gasteiger partial charge is 0.394 e. The lowest BCUT2D eigenvalue weighted by Gasteiger charge is -2.23. The van der Waals surface area contributed by atoms with E-state index < -0.39 is 18.2 Å². The standard InChI is InChI=1S/C42H81NO4/c1-3-5-7-9-11-13-15-17-18-19-20-21-22-24-25-27-29-31-33-35-39(45)37-42(47)43-40(38-44)41(46)36-34-32-30-28-26-23-16-14-12-10-8-6-4-2/h5,7,11,13,39-41,44-46H,3-4,6,8-10,12,14-38H2,1-2H3,(H,43,47)/b7-5-,13-11-. The molecule has 0 saturated carbocycles. The number of aliphatic hydroxyl groups is 3. The van der Waals surface area contributed by atoms with Gasteiger partial charge in [0, 0.05) is 0 Å². The van der Waals surface area contributed by atoms with Crippen molar-refractivity contribution >= 4 is 5.91 Å². The minimum Gasteiger partial charge on any atom is -0.394 e. The zero-order valence-corrected chi connectivity index (χ0v) is 31.4. The first-order valence-corrected chi connectivity index (χ1v) is 20.6. The van der Waals surface area contributed by atoms with Gasteiger partial charge in [0.15, 0.2) is 0 Å². The molecule has 1 amide bonds. The molecule has 5 nitrogen and oxygen atoms in total. The highest BCUT2D eigenvalue weighted by Gasteiger charge is 2.21. The van der Waals surface area contributed by atoms with Crippen LogP contribution >= 0.6 is 0 Å². The molecule has 0 fully saturated rings. The van der Waals surface area contributed by atoms with E-state index in [4.69, 9.17) is 0 Å². The van der Waals surface area contributed by atoms with Gasteiger partial charge >= 0.3 is 0 Å². The average Bonchev–Trinajstić information content (AvgIpc) is 3.06. The molecule has 0 spiro atoms. The van der Waals surface area contributed by atoms with Crippen molar-refractivity contribution in [3.05, 3.63) is 24.3 Å². The van der Waals surface area contributed by atoms with Crippen LogP contribution in [0.15, 0.2) is 24.3 Å². The summed E-state index contributed by atoms with van der Waals surface area (Å²) in [5.41, 5.74) is 0. The first-order valence-electron chi connectivity index (χ1n) is 20.6. The van der Waals surface area contributed by atoms with E-state index in [0.29, 0.717) is 12.8 Å². The van der Waals surface area contributed by atoms with Gasteiger partial charge in [-0.25, -0.2) is 0 Å². The predicted octanol–water partition coefficient (Wildman–Crippen LogP) is 11.4. The third-order valence-electron chi connectivity index (χ3n) is 9.53. The molecule has 0 aliphatic heterocycles. The van der Waals surface area contributed by atoms with Crippen LogP contribution in [0.1, 0.15) is 213 Å². The number of hydrogen-bond acceptors (Lipinski definition) is 4. The SMILES string of the molecule is CC/C=C\C/C=C\CCCCCCCCCCCCCCC(O)CC(=O)NC(CO)C(O)CCCCCCCCCCCCCCC. The number of nitrogens with one attached hydrogen (secondary N) is 1. The second kappa shape index (κ2) is 37.6. The lowest BCUT2D eigenvalue weighted by atomic mass is 10.0. The zero-order chi connectivity index (χ0) is 34.5. The molecule has 0 saturated heterocycles. The Labute approximate surface area is 292 Å². The molecule has 278 valence electrons. The topological polar surface area (TPSA) is 89.8 Å². The van der Waals surface area contributed by atoms with E-state index in [2.05, 4.69) is 43.5 Å². The van der Waals surface area contributed by atoms with E-state index in [1.807, 2.05) is 0 Å². The second-order valence-corrected chi connectivity index (χ2v) is 14.2. The number of carbonyl (C=O) groups excluding carboxylic acids is 1. The van der Waals surface area contributed by atoms with Crippen LogP contribution in [0.4, 0.5) is 0 Å². The summed E-state index contributed by atoms with van der Waals surface area (Å²) < 4.78 is 0. The van der Waals surface area contributed by atoms with Crippen molar-refractivity contribution in [3.63, 3.8) is 0 Å². The highest BCUT2D eigenvalue weighted by molar-refractivity contribution is 5.76. The van der Waals surface area contributed by atoms with Crippen molar-refractivity contribution in [1.82, 2.24) is 5.32 Å². The molecular weight excluding hydrogens is 582 g/mol. The van der Waals surface area contributed by atoms with Gasteiger partial charge in [-0.1, -0.05) is 192 Å². The Balaban J connectivity index is 3.61. The summed E-state index contributed by atoms with van der Waals surface area (Å²) in [6.07, 6.45) is 44.2. The normalized spacial score (nSPS) is 13.9. The van der Waals surface area contributed by atoms with Gasteiger partial charge in [-0.05, 0) is 38.5 Å². The molecular formula is C42H81NO4. The van der Waals surface area contributed by atoms with E-state index in [9.17, 15) is 20.1 Å². The summed E-state index contributed by atoms with van der Waals surface area (Å²) in [6.45, 7) is 4.16. The van der Waals surface area contributed by atoms with Crippen LogP contribution in [-0.2, 0) is 4.79 Å². The molecule has 4 N–H and O–H groups in total. The first kappa shape index (κ1) is 45.8. The van der Waals surface area contributed by atoms with Crippen molar-refractivity contribution in [2.24, 2.45) is 0 Å². The number of carbonyl (C=O) groups is 1. The van der Waals surface area contributed by atoms with Crippen LogP contribution in [-0.4, -0.2) is 46.1 Å². The summed E-state index contributed by atoms with van der Waals surface area (Å²) >= 11 is 0. The molecule has 0 aliphatic carbocycles. The predicted molar refractivity (Wildman–Crippen MR) is 204 cm³/mol. The Morgan fingerprint density at radius 2 is 0.979 bits per heavy atom. The minimum absolute atomic E-state index is 0.0370. The fourth-order valence-corrected chi connectivity index (χ4v) is 6.38. The van der Waals surface area contributed by atoms with E-state index >= 15 is 0 Å². The van der Waals surface area contributed by atoms with Gasteiger partial charge in [-0.3, -0.25) is 4.79 Å². The molecule has 0 aromatic carbocycles. The molecule has 0 aromatic heterocycles. The van der Waals surface area contributed by atoms with Gasteiger partial charge in [0.25, 0.3) is 0 Å². The highest BCUT2D eigenvalue weighted by atomic mass is 16.3. The molecule has 0 radical (unpaired) electrons. The molecule has 5 heteroatoms. The summed E-state index contributed by atoms with van der Waals surface area (Å²) in [7, 11) is 0. The number of amides is 1. The molecule has 0 heterocycles. The van der Waals surface area contributed by atoms with Crippen LogP contribution in [0.2, 0.25) is 0 Å². The number of aliphatic hydroxyl groups excluding tert-OH is 3. The van der Waals surface area contributed by atoms with E-state index in [-0.39, 0.29) is 18.9 Å². The Morgan fingerprint density at radius 1 is 0.553 bits per heavy atom. The number of unbranched alkanes of at least 4 members (excludes halogenated alkanes) is 24. The molecule has 47 heavy (non-hydrogen) atoms. The smallest absolute Gasteiger partial charge is 0.222 e. The minimum atomic E-state index is -0.746. The van der Waals surface area contributed by atoms with Crippen molar-refractivity contribution in [2.45, 2.75) is 231 Å². The van der Waals surface area contributed by atoms with Crippen molar-refractivity contribution in [3.8, 4) is 0 Å². The Hall–Kier alpha value is -1.17. The van der Waals surface area contributed by atoms with E-state index in [0.717, 1.165) is 38.5 Å². The zero-order valence-electron chi connectivity index (χ0n) is 31.4. The van der Waals surface area contributed by atoms with Gasteiger partial charge in [-0.2, -0.15) is 0 Å². The van der Waals surface area contributed by atoms with Gasteiger partial charge in [0.1, 0.15) is 0 Å². The fraction of sp³-hybridized carbons (Fsp3) is 0.881. The summed E-state index contributed by atoms with van der Waals surface area (Å²) in [5.74, 6) is -0.284. The molecule has 0 bridgehead atoms. The maximum atomic E-state index is 12.4. The summed E-state index contributed by atoms with van der Waals surface area (Å²) in [4.78, 5) is 12.4. The van der Waals surface area contributed by atoms with Crippen molar-refractivity contribution in [1.29, 1.82) is 0 Å². The van der Waals surface area contributed by atoms with Gasteiger partial charge < -0.3 is 20.6 Å². The van der Waals surface area contributed by atoms with E-state index in [1.54, 1.807) is 0 Å². The van der Waals surface area contributed by atoms with Crippen LogP contribution in [0, 0.1) is 0 Å². The maximum absolute atomic E-state index is 12.4. The quantitative estimate of drug-likeness (QED) is 0.0393. The first-order chi connectivity index (χ1) is 23.0. The maximum Gasteiger partial charge on any atom is 0.222 e. The Bertz CT molecular complexity index is 694. The lowest BCUT2D eigenvalue weighted by Crippen LogP contribution is -2.46. The van der Waals surface area contributed by atoms with Gasteiger partial charge in [0.05, 0.1) is 31.3 Å². The monoisotopic (exact) mass is 664 g/mol. The summed E-state index contributed by atoms with van der Waals surface area (Å²) in [5, 5.41) is 33.3. The van der Waals surface area contributed by atoms with Crippen LogP contribution in [0.3, 0.4) is 0 Å². The van der Waals surface area contributed by atoms with Gasteiger partial charge in [-0.15, -0.1) is 0 Å². The second-order valence-electron chi connectivity index (χ2n) is 14.2. The van der Waals surface area contributed by atoms with Crippen LogP contribution < -0.4 is 5.32 Å². The Kier molecular flexibility index (Phi) is 36.7. The molecule has 0 aromatic rings. The number of allylic oxidation sites excluding steroid dienone is 4. The van der Waals surface area contributed by atoms with Crippen molar-refractivity contribution < 1.29 is 20.1 Å². The number of hydrogen-bond donors (Lipinski definition) is 4. The number of rotatable bonds is 37. The Morgan fingerprint density at radius 3 is 1.45 bits per heavy atom. The highest BCUT2D eigenvalue weighted by Crippen LogP contribution is 2.16. The van der Waals surface area contributed by atoms with E-state index in [1.165, 1.54) is 141 Å². The third-order valence-corrected chi connectivity index (χ3v) is 9.53. The molecule has 3 unspecified atom stereocenters. The molecule has 0 rings (SSSR count). The van der Waals surface area contributed by atoms with Crippen LogP contribution in [0.25, 0.3) is 0 Å². The lowest BCUT2D eigenvalue weighted by molar-refractivity contribution is -0.125. The summed E-state index contributed by atoms with van der Waals surface area (Å²) in [6, 6.07) is -0.655. The van der Waals surface area contributed by atoms with Gasteiger partial charge in [0.2, 0.25) is 5.91 Å². The fourth-order valence-electron chi connectivity index (χ4n) is 6.38. The van der Waals surface area contributed by atoms with Crippen molar-refractivity contribution in [2.75, 3.05) is 6.61 Å². The van der Waals surface area contributed by atoms with Crippen LogP contribution in [0.5, 0.6) is 0 Å². The average molecular weight is 664 g/mol. The molecule has 0 aliphatic rings.